The van der Waals surface area contributed by atoms with E-state index in [0.717, 1.165) is 29.7 Å². The van der Waals surface area contributed by atoms with Crippen LogP contribution in [0, 0.1) is 0 Å². The zero-order valence-electron chi connectivity index (χ0n) is 15.4. The molecular weight excluding hydrogens is 398 g/mol. The van der Waals surface area contributed by atoms with Crippen LogP contribution < -0.4 is 11.1 Å². The van der Waals surface area contributed by atoms with E-state index < -0.39 is 11.2 Å². The number of anilines is 1. The molecule has 3 aromatic rings. The van der Waals surface area contributed by atoms with Crippen LogP contribution in [0.1, 0.15) is 34.1 Å². The number of thiophene rings is 1. The van der Waals surface area contributed by atoms with Gasteiger partial charge in [0.2, 0.25) is 5.91 Å². The molecule has 4 rings (SSSR count). The zero-order valence-corrected chi connectivity index (χ0v) is 17.0. The van der Waals surface area contributed by atoms with Gasteiger partial charge < -0.3 is 20.0 Å². The molecule has 2 amide bonds. The molecule has 0 spiro atoms. The summed E-state index contributed by atoms with van der Waals surface area (Å²) in [5.41, 5.74) is 7.01. The number of nitrogens with one attached hydrogen (secondary N) is 1. The maximum atomic E-state index is 12.7. The maximum absolute atomic E-state index is 12.7. The summed E-state index contributed by atoms with van der Waals surface area (Å²) in [6.07, 6.45) is 4.35. The molecule has 28 heavy (non-hydrogen) atoms. The highest BCUT2D eigenvalue weighted by Crippen LogP contribution is 2.39. The van der Waals surface area contributed by atoms with E-state index in [1.807, 2.05) is 7.05 Å². The number of aromatic nitrogens is 3. The van der Waals surface area contributed by atoms with Gasteiger partial charge in [-0.15, -0.1) is 21.5 Å². The van der Waals surface area contributed by atoms with E-state index in [9.17, 15) is 9.59 Å². The van der Waals surface area contributed by atoms with Crippen LogP contribution in [-0.2, 0) is 24.7 Å². The van der Waals surface area contributed by atoms with Crippen molar-refractivity contribution in [3.05, 3.63) is 34.4 Å². The van der Waals surface area contributed by atoms with Gasteiger partial charge in [-0.25, -0.2) is 0 Å². The van der Waals surface area contributed by atoms with Crippen LogP contribution in [0.15, 0.2) is 28.0 Å². The molecule has 3 heterocycles. The molecule has 1 aliphatic carbocycles. The van der Waals surface area contributed by atoms with E-state index in [1.54, 1.807) is 29.9 Å². The van der Waals surface area contributed by atoms with Gasteiger partial charge in [-0.3, -0.25) is 9.59 Å². The molecule has 0 aliphatic heterocycles. The minimum atomic E-state index is -0.494. The number of primary amides is 1. The third kappa shape index (κ3) is 3.33. The molecule has 0 bridgehead atoms. The van der Waals surface area contributed by atoms with Crippen molar-refractivity contribution in [2.24, 2.45) is 12.8 Å². The van der Waals surface area contributed by atoms with Crippen molar-refractivity contribution in [1.29, 1.82) is 0 Å². The lowest BCUT2D eigenvalue weighted by molar-refractivity contribution is -0.115. The second-order valence-corrected chi connectivity index (χ2v) is 8.93. The van der Waals surface area contributed by atoms with Gasteiger partial charge in [0.05, 0.1) is 17.1 Å². The van der Waals surface area contributed by atoms with Gasteiger partial charge in [-0.2, -0.15) is 0 Å². The molecule has 0 fully saturated rings. The summed E-state index contributed by atoms with van der Waals surface area (Å²) in [5, 5.41) is 11.9. The van der Waals surface area contributed by atoms with Crippen molar-refractivity contribution in [2.45, 2.75) is 36.6 Å². The number of furan rings is 1. The number of hydrogen-bond acceptors (Lipinski definition) is 7. The van der Waals surface area contributed by atoms with E-state index in [1.165, 1.54) is 23.1 Å². The van der Waals surface area contributed by atoms with Crippen molar-refractivity contribution in [3.8, 4) is 11.6 Å². The molecule has 3 aromatic heterocycles. The van der Waals surface area contributed by atoms with E-state index in [2.05, 4.69) is 15.5 Å². The quantitative estimate of drug-likeness (QED) is 0.596. The highest BCUT2D eigenvalue weighted by Gasteiger charge is 2.28. The minimum absolute atomic E-state index is 0.213. The van der Waals surface area contributed by atoms with Crippen LogP contribution in [-0.4, -0.2) is 31.8 Å². The number of carbonyl (C=O) groups is 2. The number of fused-ring (bicyclic) bond motifs is 1. The van der Waals surface area contributed by atoms with E-state index >= 15 is 0 Å². The number of nitrogens with two attached hydrogens (primary N) is 1. The van der Waals surface area contributed by atoms with Gasteiger partial charge in [0.25, 0.3) is 5.91 Å². The van der Waals surface area contributed by atoms with Crippen LogP contribution in [0.25, 0.3) is 11.6 Å². The Morgan fingerprint density at radius 2 is 2.21 bits per heavy atom. The van der Waals surface area contributed by atoms with Crippen LogP contribution >= 0.6 is 23.1 Å². The Bertz CT molecular complexity index is 1040. The first-order chi connectivity index (χ1) is 13.5. The molecule has 10 heteroatoms. The normalized spacial score (nSPS) is 14.1. The van der Waals surface area contributed by atoms with Crippen molar-refractivity contribution in [2.75, 3.05) is 5.32 Å². The second kappa shape index (κ2) is 7.44. The van der Waals surface area contributed by atoms with Gasteiger partial charge in [-0.05, 0) is 43.9 Å². The number of hydrogen-bond donors (Lipinski definition) is 2. The molecule has 1 atom stereocenters. The van der Waals surface area contributed by atoms with Crippen molar-refractivity contribution in [3.63, 3.8) is 0 Å². The predicted octanol–water partition coefficient (Wildman–Crippen LogP) is 2.84. The highest BCUT2D eigenvalue weighted by molar-refractivity contribution is 8.00. The van der Waals surface area contributed by atoms with Crippen LogP contribution in [0.4, 0.5) is 5.00 Å². The van der Waals surface area contributed by atoms with Crippen molar-refractivity contribution < 1.29 is 14.0 Å². The fourth-order valence-electron chi connectivity index (χ4n) is 3.22. The monoisotopic (exact) mass is 417 g/mol. The first kappa shape index (κ1) is 18.8. The molecular formula is C18H19N5O3S2. The van der Waals surface area contributed by atoms with Gasteiger partial charge in [0.1, 0.15) is 5.00 Å². The predicted molar refractivity (Wildman–Crippen MR) is 108 cm³/mol. The summed E-state index contributed by atoms with van der Waals surface area (Å²) >= 11 is 2.73. The lowest BCUT2D eigenvalue weighted by atomic mass is 10.1. The lowest BCUT2D eigenvalue weighted by Gasteiger charge is -2.11. The molecule has 0 saturated heterocycles. The fraction of sp³-hybridized carbons (Fsp3) is 0.333. The number of thioether (sulfide) groups is 1. The minimum Gasteiger partial charge on any atom is -0.461 e. The number of carbonyl (C=O) groups excluding carboxylic acids is 2. The third-order valence-corrected chi connectivity index (χ3v) is 6.97. The van der Waals surface area contributed by atoms with Crippen LogP contribution in [0.5, 0.6) is 0 Å². The summed E-state index contributed by atoms with van der Waals surface area (Å²) in [6.45, 7) is 1.78. The van der Waals surface area contributed by atoms with E-state index in [4.69, 9.17) is 10.2 Å². The molecule has 0 saturated carbocycles. The highest BCUT2D eigenvalue weighted by atomic mass is 32.2. The van der Waals surface area contributed by atoms with E-state index in [-0.39, 0.29) is 5.91 Å². The number of nitrogens with zero attached hydrogens (tertiary/aromatic N) is 3. The molecule has 3 N–H and O–H groups in total. The molecule has 146 valence electrons. The topological polar surface area (TPSA) is 116 Å². The third-order valence-electron chi connectivity index (χ3n) is 4.63. The standard InChI is InChI=1S/C18H19N5O3S2/c1-9(27-18-22-21-15(23(18)2)11-6-4-8-26-11)16(25)20-17-13(14(19)24)10-5-3-7-12(10)28-17/h4,6,8-9H,3,5,7H2,1-2H3,(H2,19,24)(H,20,25)/t9-/m1/s1. The fourth-order valence-corrected chi connectivity index (χ4v) is 5.33. The zero-order chi connectivity index (χ0) is 19.8. The Morgan fingerprint density at radius 3 is 2.93 bits per heavy atom. The number of aryl methyl sites for hydroxylation is 1. The van der Waals surface area contributed by atoms with Crippen LogP contribution in [0.3, 0.4) is 0 Å². The first-order valence-electron chi connectivity index (χ1n) is 8.80. The average Bonchev–Trinajstić information content (AvgIpc) is 3.40. The van der Waals surface area contributed by atoms with Gasteiger partial charge in [0.15, 0.2) is 16.7 Å². The molecule has 0 aromatic carbocycles. The molecule has 1 aliphatic rings. The summed E-state index contributed by atoms with van der Waals surface area (Å²) in [5.74, 6) is 0.491. The smallest absolute Gasteiger partial charge is 0.251 e. The van der Waals surface area contributed by atoms with Gasteiger partial charge >= 0.3 is 0 Å². The second-order valence-electron chi connectivity index (χ2n) is 6.52. The average molecular weight is 418 g/mol. The SMILES string of the molecule is C[C@@H](Sc1nnc(-c2ccco2)n1C)C(=O)Nc1sc2c(c1C(N)=O)CCC2. The first-order valence-corrected chi connectivity index (χ1v) is 10.5. The summed E-state index contributed by atoms with van der Waals surface area (Å²) in [4.78, 5) is 25.7. The lowest BCUT2D eigenvalue weighted by Crippen LogP contribution is -2.24. The molecule has 0 unspecified atom stereocenters. The van der Waals surface area contributed by atoms with Gasteiger partial charge in [-0.1, -0.05) is 11.8 Å². The Balaban J connectivity index is 1.49. The number of amides is 2. The van der Waals surface area contributed by atoms with Crippen molar-refractivity contribution >= 4 is 39.9 Å². The molecule has 8 nitrogen and oxygen atoms in total. The summed E-state index contributed by atoms with van der Waals surface area (Å²) in [7, 11) is 1.82. The van der Waals surface area contributed by atoms with Crippen molar-refractivity contribution in [1.82, 2.24) is 14.8 Å². The summed E-state index contributed by atoms with van der Waals surface area (Å²) < 4.78 is 7.14. The largest absolute Gasteiger partial charge is 0.461 e. The van der Waals surface area contributed by atoms with E-state index in [0.29, 0.717) is 27.3 Å². The van der Waals surface area contributed by atoms with Gasteiger partial charge in [0, 0.05) is 11.9 Å². The van der Waals surface area contributed by atoms with Crippen LogP contribution in [0.2, 0.25) is 0 Å². The Hall–Kier alpha value is -2.59. The number of rotatable bonds is 6. The Labute approximate surface area is 169 Å². The Morgan fingerprint density at radius 1 is 1.39 bits per heavy atom. The summed E-state index contributed by atoms with van der Waals surface area (Å²) in [6, 6.07) is 3.58. The molecule has 0 radical (unpaired) electrons. The maximum Gasteiger partial charge on any atom is 0.251 e. The Kier molecular flexibility index (Phi) is 4.98.